The number of nitriles is 1. The van der Waals surface area contributed by atoms with Crippen LogP contribution in [0.4, 0.5) is 11.6 Å². The first kappa shape index (κ1) is 45.5. The zero-order valence-corrected chi connectivity index (χ0v) is 37.8. The lowest BCUT2D eigenvalue weighted by molar-refractivity contribution is -0.136. The topological polar surface area (TPSA) is 187 Å². The molecule has 8 rings (SSSR count). The van der Waals surface area contributed by atoms with E-state index in [4.69, 9.17) is 32.7 Å². The smallest absolute Gasteiger partial charge is 0.262 e. The van der Waals surface area contributed by atoms with Gasteiger partial charge in [0.1, 0.15) is 31.1 Å². The van der Waals surface area contributed by atoms with E-state index in [9.17, 15) is 29.2 Å². The van der Waals surface area contributed by atoms with Crippen LogP contribution in [0.25, 0.3) is 0 Å². The molecule has 0 bridgehead atoms. The number of fused-ring (bicyclic) bond motifs is 1. The highest BCUT2D eigenvalue weighted by Crippen LogP contribution is 2.39. The van der Waals surface area contributed by atoms with E-state index >= 15 is 0 Å². The molecule has 5 heterocycles. The van der Waals surface area contributed by atoms with E-state index in [-0.39, 0.29) is 60.8 Å². The molecule has 0 aliphatic carbocycles. The maximum Gasteiger partial charge on any atom is 0.262 e. The molecule has 4 aliphatic rings. The third-order valence-corrected chi connectivity index (χ3v) is 13.4. The Balaban J connectivity index is 0.772. The Morgan fingerprint density at radius 3 is 2.35 bits per heavy atom. The number of likely N-dealkylation sites (tertiary alicyclic amines) is 1. The number of hydrogen-bond donors (Lipinski definition) is 2. The van der Waals surface area contributed by atoms with E-state index in [1.165, 1.54) is 0 Å². The third-order valence-electron chi connectivity index (χ3n) is 13.0. The molecule has 4 aliphatic heterocycles. The predicted molar refractivity (Wildman–Crippen MR) is 243 cm³/mol. The van der Waals surface area contributed by atoms with Crippen LogP contribution in [0.2, 0.25) is 5.02 Å². The average molecular weight is 922 g/mol. The Hall–Kier alpha value is -6.08. The third kappa shape index (κ3) is 9.95. The lowest BCUT2D eigenvalue weighted by Crippen LogP contribution is -2.54. The number of benzene rings is 3. The fraction of sp³-hybridized carbons (Fsp3) is 0.417. The molecule has 0 saturated carbocycles. The van der Waals surface area contributed by atoms with Gasteiger partial charge in [-0.15, -0.1) is 11.6 Å². The number of carbonyl (C=O) groups excluding carboxylic acids is 5. The predicted octanol–water partition coefficient (Wildman–Crippen LogP) is 6.49. The molecule has 3 fully saturated rings. The highest BCUT2D eigenvalue weighted by molar-refractivity contribution is 6.32. The molecule has 0 radical (unpaired) electrons. The van der Waals surface area contributed by atoms with Gasteiger partial charge in [0.15, 0.2) is 5.75 Å². The van der Waals surface area contributed by atoms with Crippen LogP contribution in [0.5, 0.6) is 11.5 Å². The quantitative estimate of drug-likeness (QED) is 0.104. The minimum Gasteiger partial charge on any atom is -0.489 e. The van der Waals surface area contributed by atoms with Crippen molar-refractivity contribution in [3.8, 4) is 17.6 Å². The molecule has 3 saturated heterocycles. The normalized spacial score (nSPS) is 18.6. The number of carbonyl (C=O) groups is 5. The number of piperidine rings is 3. The van der Waals surface area contributed by atoms with Gasteiger partial charge in [-0.1, -0.05) is 37.6 Å². The largest absolute Gasteiger partial charge is 0.489 e. The van der Waals surface area contributed by atoms with Crippen molar-refractivity contribution >= 4 is 64.4 Å². The number of nitrogens with one attached hydrogen (secondary N) is 2. The second-order valence-electron chi connectivity index (χ2n) is 17.5. The van der Waals surface area contributed by atoms with Gasteiger partial charge in [0, 0.05) is 49.3 Å². The fourth-order valence-electron chi connectivity index (χ4n) is 9.14. The SMILES string of the molecule is CC(C)(c1ccc(OCc2ccnc(NC(=O)C3CCN(CC4CCN(c5ccc6c(c5)C(=O)N(C5CCC(=O)NC5=O)C6=O)CC4)CC3)n2)cc1)c1cc(Cl)c(OCCCl)c(C#N)c1. The number of aromatic nitrogens is 2. The standard InChI is InChI=1S/C48H50Cl2N8O7/c1-48(2,33-23-31(26-51)42(39(50)24-33)64-22-16-49)32-3-6-36(7-4-32)65-28-34-11-17-52-47(53-34)55-43(60)30-14-18-56(19-15-30)27-29-12-20-57(21-13-29)35-5-8-37-38(25-35)46(63)58(45(37)62)40-9-10-41(59)54-44(40)61/h3-8,11,17,23-25,29-30,40H,9-10,12-16,18-22,27-28H2,1-2H3,(H,54,59,61)(H,52,53,55,60). The Bertz CT molecular complexity index is 2530. The van der Waals surface area contributed by atoms with E-state index < -0.39 is 35.1 Å². The number of rotatable bonds is 14. The van der Waals surface area contributed by atoms with Gasteiger partial charge in [-0.3, -0.25) is 39.5 Å². The summed E-state index contributed by atoms with van der Waals surface area (Å²) in [5.41, 5.74) is 3.77. The van der Waals surface area contributed by atoms with Crippen LogP contribution in [0, 0.1) is 23.2 Å². The molecule has 65 heavy (non-hydrogen) atoms. The highest BCUT2D eigenvalue weighted by atomic mass is 35.5. The molecule has 17 heteroatoms. The van der Waals surface area contributed by atoms with Gasteiger partial charge in [-0.05, 0) is 111 Å². The summed E-state index contributed by atoms with van der Waals surface area (Å²) in [6.45, 7) is 8.73. The van der Waals surface area contributed by atoms with Gasteiger partial charge < -0.3 is 19.3 Å². The summed E-state index contributed by atoms with van der Waals surface area (Å²) >= 11 is 12.3. The number of halogens is 2. The highest BCUT2D eigenvalue weighted by Gasteiger charge is 2.45. The summed E-state index contributed by atoms with van der Waals surface area (Å²) in [6, 6.07) is 19.5. The van der Waals surface area contributed by atoms with Gasteiger partial charge >= 0.3 is 0 Å². The van der Waals surface area contributed by atoms with Crippen LogP contribution in [-0.4, -0.2) is 101 Å². The van der Waals surface area contributed by atoms with Crippen molar-refractivity contribution in [2.75, 3.05) is 55.4 Å². The zero-order chi connectivity index (χ0) is 45.8. The molecule has 2 N–H and O–H groups in total. The number of hydrogen-bond acceptors (Lipinski definition) is 12. The van der Waals surface area contributed by atoms with Crippen LogP contribution in [0.15, 0.2) is 66.9 Å². The van der Waals surface area contributed by atoms with Crippen molar-refractivity contribution < 1.29 is 33.4 Å². The van der Waals surface area contributed by atoms with E-state index in [1.807, 2.05) is 36.4 Å². The van der Waals surface area contributed by atoms with Gasteiger partial charge in [0.2, 0.25) is 23.7 Å². The first-order chi connectivity index (χ1) is 31.3. The molecule has 4 aromatic rings. The maximum atomic E-state index is 13.3. The molecule has 15 nitrogen and oxygen atoms in total. The van der Waals surface area contributed by atoms with Gasteiger partial charge in [-0.2, -0.15) is 5.26 Å². The van der Waals surface area contributed by atoms with Crippen LogP contribution in [0.1, 0.15) is 95.5 Å². The van der Waals surface area contributed by atoms with Gasteiger partial charge in [0.25, 0.3) is 11.8 Å². The second-order valence-corrected chi connectivity index (χ2v) is 18.3. The number of nitrogens with zero attached hydrogens (tertiary/aromatic N) is 6. The Morgan fingerprint density at radius 2 is 1.65 bits per heavy atom. The molecule has 3 aromatic carbocycles. The lowest BCUT2D eigenvalue weighted by atomic mass is 9.77. The second kappa shape index (κ2) is 19.6. The van der Waals surface area contributed by atoms with Crippen molar-refractivity contribution in [1.29, 1.82) is 5.26 Å². The van der Waals surface area contributed by atoms with E-state index in [0.717, 1.165) is 80.1 Å². The summed E-state index contributed by atoms with van der Waals surface area (Å²) in [6.07, 6.45) is 5.21. The maximum absolute atomic E-state index is 13.3. The van der Waals surface area contributed by atoms with E-state index in [0.29, 0.717) is 33.7 Å². The van der Waals surface area contributed by atoms with Crippen LogP contribution in [0.3, 0.4) is 0 Å². The summed E-state index contributed by atoms with van der Waals surface area (Å²) in [4.78, 5) is 78.4. The lowest BCUT2D eigenvalue weighted by Gasteiger charge is -2.38. The number of amides is 5. The number of imide groups is 2. The molecular weight excluding hydrogens is 871 g/mol. The van der Waals surface area contributed by atoms with E-state index in [2.05, 4.69) is 50.3 Å². The Morgan fingerprint density at radius 1 is 0.908 bits per heavy atom. The van der Waals surface area contributed by atoms with Crippen molar-refractivity contribution in [3.63, 3.8) is 0 Å². The molecule has 0 spiro atoms. The molecule has 1 unspecified atom stereocenters. The fourth-order valence-corrected chi connectivity index (χ4v) is 9.49. The Labute approximate surface area is 387 Å². The Kier molecular flexibility index (Phi) is 13.7. The van der Waals surface area contributed by atoms with Crippen molar-refractivity contribution in [3.05, 3.63) is 105 Å². The van der Waals surface area contributed by atoms with Gasteiger partial charge in [0.05, 0.1) is 33.3 Å². The van der Waals surface area contributed by atoms with Crippen molar-refractivity contribution in [2.45, 2.75) is 70.4 Å². The van der Waals surface area contributed by atoms with Crippen LogP contribution >= 0.6 is 23.2 Å². The molecule has 1 atom stereocenters. The van der Waals surface area contributed by atoms with Crippen molar-refractivity contribution in [1.82, 2.24) is 25.1 Å². The molecular formula is C48H50Cl2N8O7. The van der Waals surface area contributed by atoms with E-state index in [1.54, 1.807) is 30.5 Å². The van der Waals surface area contributed by atoms with Crippen LogP contribution < -0.4 is 25.0 Å². The van der Waals surface area contributed by atoms with Crippen LogP contribution in [-0.2, 0) is 26.4 Å². The number of ether oxygens (including phenoxy) is 2. The molecule has 5 amide bonds. The first-order valence-corrected chi connectivity index (χ1v) is 22.9. The summed E-state index contributed by atoms with van der Waals surface area (Å²) < 4.78 is 11.7. The summed E-state index contributed by atoms with van der Waals surface area (Å²) in [5, 5.41) is 15.3. The monoisotopic (exact) mass is 920 g/mol. The van der Waals surface area contributed by atoms with Gasteiger partial charge in [-0.25, -0.2) is 9.97 Å². The summed E-state index contributed by atoms with van der Waals surface area (Å²) in [5.74, 6) is -0.290. The van der Waals surface area contributed by atoms with Crippen molar-refractivity contribution in [2.24, 2.45) is 11.8 Å². The minimum absolute atomic E-state index is 0.0788. The average Bonchev–Trinajstić information content (AvgIpc) is 3.55. The molecule has 1 aromatic heterocycles. The first-order valence-electron chi connectivity index (χ1n) is 21.9. The number of anilines is 2. The number of alkyl halides is 1. The summed E-state index contributed by atoms with van der Waals surface area (Å²) in [7, 11) is 0. The minimum atomic E-state index is -0.989. The zero-order valence-electron chi connectivity index (χ0n) is 36.3. The molecule has 338 valence electrons.